The fourth-order valence-corrected chi connectivity index (χ4v) is 1.47. The van der Waals surface area contributed by atoms with Crippen LogP contribution in [0.25, 0.3) is 0 Å². The Morgan fingerprint density at radius 1 is 1.29 bits per heavy atom. The van der Waals surface area contributed by atoms with Gasteiger partial charge in [-0.3, -0.25) is 0 Å². The molecule has 0 aliphatic carbocycles. The summed E-state index contributed by atoms with van der Waals surface area (Å²) in [6.07, 6.45) is 0.761. The van der Waals surface area contributed by atoms with Crippen molar-refractivity contribution in [3.63, 3.8) is 0 Å². The maximum absolute atomic E-state index is 12.2. The average Bonchev–Trinajstić information content (AvgIpc) is 2.29. The molecule has 1 N–H and O–H groups in total. The Balaban J connectivity index is 2.73. The molecule has 17 heavy (non-hydrogen) atoms. The van der Waals surface area contributed by atoms with Gasteiger partial charge in [-0.1, -0.05) is 13.0 Å². The van der Waals surface area contributed by atoms with Gasteiger partial charge in [-0.05, 0) is 37.2 Å². The van der Waals surface area contributed by atoms with Crippen LogP contribution in [0.4, 0.5) is 8.78 Å². The normalized spacial score (nSPS) is 10.6. The fraction of sp³-hybridized carbons (Fsp3) is 0.500. The minimum Gasteiger partial charge on any atom is -0.493 e. The van der Waals surface area contributed by atoms with Gasteiger partial charge in [0.2, 0.25) is 0 Å². The van der Waals surface area contributed by atoms with E-state index >= 15 is 0 Å². The predicted octanol–water partition coefficient (Wildman–Crippen LogP) is 2.45. The molecule has 0 unspecified atom stereocenters. The first-order valence-corrected chi connectivity index (χ1v) is 5.49. The molecule has 1 aromatic rings. The third-order valence-corrected chi connectivity index (χ3v) is 2.28. The highest BCUT2D eigenvalue weighted by Gasteiger charge is 2.10. The monoisotopic (exact) mass is 245 g/mol. The van der Waals surface area contributed by atoms with Gasteiger partial charge in [0.25, 0.3) is 0 Å². The summed E-state index contributed by atoms with van der Waals surface area (Å²) >= 11 is 0. The van der Waals surface area contributed by atoms with E-state index in [9.17, 15) is 8.78 Å². The number of benzene rings is 1. The average molecular weight is 245 g/mol. The number of ether oxygens (including phenoxy) is 2. The first kappa shape index (κ1) is 13.7. The Morgan fingerprint density at radius 3 is 2.65 bits per heavy atom. The number of halogens is 2. The van der Waals surface area contributed by atoms with Crippen LogP contribution in [0.3, 0.4) is 0 Å². The maximum atomic E-state index is 12.2. The van der Waals surface area contributed by atoms with E-state index in [1.165, 1.54) is 7.11 Å². The van der Waals surface area contributed by atoms with E-state index in [4.69, 9.17) is 4.74 Å². The van der Waals surface area contributed by atoms with Crippen molar-refractivity contribution in [2.45, 2.75) is 20.0 Å². The summed E-state index contributed by atoms with van der Waals surface area (Å²) in [4.78, 5) is 0. The standard InChI is InChI=1S/C12H17F2NO2/c1-3-15-7-6-9-4-5-10(16-2)11(8-9)17-12(13)14/h4-5,8,12,15H,3,6-7H2,1-2H3. The molecule has 0 spiro atoms. The molecular formula is C12H17F2NO2. The largest absolute Gasteiger partial charge is 0.493 e. The van der Waals surface area contributed by atoms with Crippen LogP contribution in [0.15, 0.2) is 18.2 Å². The van der Waals surface area contributed by atoms with Gasteiger partial charge < -0.3 is 14.8 Å². The predicted molar refractivity (Wildman–Crippen MR) is 61.9 cm³/mol. The second-order valence-corrected chi connectivity index (χ2v) is 3.47. The lowest BCUT2D eigenvalue weighted by atomic mass is 10.1. The number of hydrogen-bond acceptors (Lipinski definition) is 3. The fourth-order valence-electron chi connectivity index (χ4n) is 1.47. The first-order chi connectivity index (χ1) is 8.17. The summed E-state index contributed by atoms with van der Waals surface area (Å²) in [6.45, 7) is 0.861. The number of hydrogen-bond donors (Lipinski definition) is 1. The van der Waals surface area contributed by atoms with Gasteiger partial charge in [0.05, 0.1) is 7.11 Å². The van der Waals surface area contributed by atoms with Crippen molar-refractivity contribution in [3.8, 4) is 11.5 Å². The summed E-state index contributed by atoms with van der Waals surface area (Å²) in [6, 6.07) is 5.07. The molecule has 0 aromatic heterocycles. The second kappa shape index (κ2) is 7.06. The van der Waals surface area contributed by atoms with Crippen LogP contribution in [0.1, 0.15) is 12.5 Å². The van der Waals surface area contributed by atoms with Crippen LogP contribution in [-0.2, 0) is 6.42 Å². The van der Waals surface area contributed by atoms with E-state index < -0.39 is 6.61 Å². The third-order valence-electron chi connectivity index (χ3n) is 2.28. The van der Waals surface area contributed by atoms with Crippen LogP contribution in [0.5, 0.6) is 11.5 Å². The molecule has 0 fully saturated rings. The van der Waals surface area contributed by atoms with E-state index in [-0.39, 0.29) is 5.75 Å². The zero-order valence-electron chi connectivity index (χ0n) is 10.0. The summed E-state index contributed by atoms with van der Waals surface area (Å²) < 4.78 is 33.7. The molecule has 0 radical (unpaired) electrons. The molecule has 1 rings (SSSR count). The van der Waals surface area contributed by atoms with E-state index in [1.54, 1.807) is 12.1 Å². The molecular weight excluding hydrogens is 228 g/mol. The van der Waals surface area contributed by atoms with Crippen LogP contribution in [0.2, 0.25) is 0 Å². The van der Waals surface area contributed by atoms with Crippen LogP contribution in [0, 0.1) is 0 Å². The van der Waals surface area contributed by atoms with Crippen LogP contribution < -0.4 is 14.8 Å². The second-order valence-electron chi connectivity index (χ2n) is 3.47. The Bertz CT molecular complexity index is 345. The van der Waals surface area contributed by atoms with E-state index in [0.29, 0.717) is 5.75 Å². The number of methoxy groups -OCH3 is 1. The van der Waals surface area contributed by atoms with Gasteiger partial charge in [0.15, 0.2) is 11.5 Å². The molecule has 0 saturated heterocycles. The highest BCUT2D eigenvalue weighted by molar-refractivity contribution is 5.43. The molecule has 0 aliphatic heterocycles. The smallest absolute Gasteiger partial charge is 0.387 e. The quantitative estimate of drug-likeness (QED) is 0.748. The molecule has 96 valence electrons. The lowest BCUT2D eigenvalue weighted by Gasteiger charge is -2.11. The molecule has 0 aliphatic rings. The molecule has 1 aromatic carbocycles. The third kappa shape index (κ3) is 4.56. The molecule has 5 heteroatoms. The van der Waals surface area contributed by atoms with Gasteiger partial charge in [0.1, 0.15) is 0 Å². The van der Waals surface area contributed by atoms with Crippen LogP contribution >= 0.6 is 0 Å². The summed E-state index contributed by atoms with van der Waals surface area (Å²) in [5.41, 5.74) is 0.933. The lowest BCUT2D eigenvalue weighted by Crippen LogP contribution is -2.16. The first-order valence-electron chi connectivity index (χ1n) is 5.49. The SMILES string of the molecule is CCNCCc1ccc(OC)c(OC(F)F)c1. The minimum absolute atomic E-state index is 0.0801. The van der Waals surface area contributed by atoms with E-state index in [0.717, 1.165) is 25.1 Å². The summed E-state index contributed by atoms with van der Waals surface area (Å²) in [5.74, 6) is 0.397. The number of rotatable bonds is 7. The molecule has 0 saturated carbocycles. The Hall–Kier alpha value is -1.36. The van der Waals surface area contributed by atoms with E-state index in [2.05, 4.69) is 10.1 Å². The lowest BCUT2D eigenvalue weighted by molar-refractivity contribution is -0.0512. The number of likely N-dealkylation sites (N-methyl/N-ethyl adjacent to an activating group) is 1. The highest BCUT2D eigenvalue weighted by atomic mass is 19.3. The maximum Gasteiger partial charge on any atom is 0.387 e. The van der Waals surface area contributed by atoms with Crippen molar-refractivity contribution in [1.29, 1.82) is 0 Å². The van der Waals surface area contributed by atoms with Crippen molar-refractivity contribution in [3.05, 3.63) is 23.8 Å². The van der Waals surface area contributed by atoms with Crippen molar-refractivity contribution >= 4 is 0 Å². The van der Waals surface area contributed by atoms with Gasteiger partial charge >= 0.3 is 6.61 Å². The highest BCUT2D eigenvalue weighted by Crippen LogP contribution is 2.29. The Labute approximate surface area is 99.7 Å². The zero-order valence-corrected chi connectivity index (χ0v) is 10.0. The molecule has 0 bridgehead atoms. The van der Waals surface area contributed by atoms with Crippen molar-refractivity contribution in [1.82, 2.24) is 5.32 Å². The Kier molecular flexibility index (Phi) is 5.69. The Morgan fingerprint density at radius 2 is 2.06 bits per heavy atom. The van der Waals surface area contributed by atoms with E-state index in [1.807, 2.05) is 13.0 Å². The van der Waals surface area contributed by atoms with Gasteiger partial charge in [-0.15, -0.1) is 0 Å². The summed E-state index contributed by atoms with van der Waals surface area (Å²) in [7, 11) is 1.42. The molecule has 0 amide bonds. The summed E-state index contributed by atoms with van der Waals surface area (Å²) in [5, 5.41) is 3.17. The minimum atomic E-state index is -2.84. The van der Waals surface area contributed by atoms with Gasteiger partial charge in [0, 0.05) is 0 Å². The molecule has 3 nitrogen and oxygen atoms in total. The zero-order chi connectivity index (χ0) is 12.7. The van der Waals surface area contributed by atoms with Gasteiger partial charge in [-0.25, -0.2) is 0 Å². The van der Waals surface area contributed by atoms with Gasteiger partial charge in [-0.2, -0.15) is 8.78 Å². The van der Waals surface area contributed by atoms with Crippen molar-refractivity contribution in [2.75, 3.05) is 20.2 Å². The molecule has 0 heterocycles. The van der Waals surface area contributed by atoms with Crippen molar-refractivity contribution in [2.24, 2.45) is 0 Å². The molecule has 0 atom stereocenters. The number of nitrogens with one attached hydrogen (secondary N) is 1. The van der Waals surface area contributed by atoms with Crippen molar-refractivity contribution < 1.29 is 18.3 Å². The number of alkyl halides is 2. The van der Waals surface area contributed by atoms with Crippen LogP contribution in [-0.4, -0.2) is 26.8 Å². The topological polar surface area (TPSA) is 30.5 Å².